The van der Waals surface area contributed by atoms with E-state index in [9.17, 15) is 9.59 Å². The predicted octanol–water partition coefficient (Wildman–Crippen LogP) is 10.3. The van der Waals surface area contributed by atoms with E-state index in [1.807, 2.05) is 96.3 Å². The van der Waals surface area contributed by atoms with Crippen molar-refractivity contribution < 1.29 is 19.1 Å². The van der Waals surface area contributed by atoms with E-state index in [-0.39, 0.29) is 24.8 Å². The average molecular weight is 1670 g/mol. The molecule has 110 heavy (non-hydrogen) atoms. The number of likely N-dealkylation sites (tertiary alicyclic amines) is 2. The van der Waals surface area contributed by atoms with Crippen molar-refractivity contribution in [2.24, 2.45) is 0 Å². The summed E-state index contributed by atoms with van der Waals surface area (Å²) in [5, 5.41) is 3.22. The number of nitrogens with zero attached hydrogens (tertiary/aromatic N) is 5. The Bertz CT molecular complexity index is 5720. The van der Waals surface area contributed by atoms with Crippen LogP contribution in [0.3, 0.4) is 0 Å². The number of terminal acetylenes is 2. The molecule has 6 rings (SSSR count). The third-order valence-electron chi connectivity index (χ3n) is 10.2. The highest BCUT2D eigenvalue weighted by Gasteiger charge is 2.35. The van der Waals surface area contributed by atoms with Crippen molar-refractivity contribution in [1.82, 2.24) is 30.1 Å². The van der Waals surface area contributed by atoms with E-state index in [0.717, 1.165) is 36.5 Å². The van der Waals surface area contributed by atoms with Gasteiger partial charge in [-0.15, -0.1) is 39.6 Å². The van der Waals surface area contributed by atoms with Crippen LogP contribution in [0.5, 0.6) is 0 Å². The largest absolute Gasteiger partial charge is 0.444 e. The summed E-state index contributed by atoms with van der Waals surface area (Å²) in [7, 11) is 7.94. The molecule has 0 spiro atoms. The molecule has 2 amide bonds. The maximum absolute atomic E-state index is 11.7. The second-order valence-electron chi connectivity index (χ2n) is 20.8. The third-order valence-corrected chi connectivity index (χ3v) is 11.4. The van der Waals surface area contributed by atoms with E-state index in [1.165, 1.54) is 5.69 Å². The van der Waals surface area contributed by atoms with Crippen LogP contribution in [0, 0.1) is 344 Å². The fourth-order valence-corrected chi connectivity index (χ4v) is 7.04. The van der Waals surface area contributed by atoms with Gasteiger partial charge in [-0.3, -0.25) is 9.97 Å². The van der Waals surface area contributed by atoms with Crippen molar-refractivity contribution in [3.63, 3.8) is 0 Å². The molecule has 0 radical (unpaired) electrons. The first-order chi connectivity index (χ1) is 53.3. The number of pyridine rings is 3. The Morgan fingerprint density at radius 3 is 0.809 bits per heavy atom. The molecule has 10 nitrogen and oxygen atoms in total. The van der Waals surface area contributed by atoms with E-state index in [0.29, 0.717) is 28.8 Å². The van der Waals surface area contributed by atoms with Gasteiger partial charge in [0.25, 0.3) is 0 Å². The van der Waals surface area contributed by atoms with Crippen molar-refractivity contribution in [1.29, 1.82) is 0 Å². The lowest BCUT2D eigenvalue weighted by molar-refractivity contribution is 0.00774. The number of carbonyl (C=O) groups is 2. The zero-order chi connectivity index (χ0) is 80.9. The SMILES string of the molecule is Brc1ccccn1.C#CC#CC#CC.C#CC#CC#CC#CC#CC#CC#CC#CC#CC#CC#CC#CC#CC#CC#CC#CC#CC#CC#CC#CC#CC#CC#CC#CC#CC#CC.CC(C)(C)OC(=O)N1CC(I)C1.CC(C)(C)OC(=O)N1CC(c2ccccn2)C1.PP(P)P.c1ccc(C2CNC2)nc1. The molecule has 1 N–H and O–H groups in total. The van der Waals surface area contributed by atoms with Crippen LogP contribution in [-0.4, -0.2) is 91.3 Å². The van der Waals surface area contributed by atoms with Crippen molar-refractivity contribution in [2.75, 3.05) is 39.3 Å². The Kier molecular flexibility index (Phi) is 59.6. The minimum Gasteiger partial charge on any atom is -0.444 e. The lowest BCUT2D eigenvalue weighted by Crippen LogP contribution is -2.52. The van der Waals surface area contributed by atoms with Crippen molar-refractivity contribution in [3.8, 4) is 344 Å². The van der Waals surface area contributed by atoms with Gasteiger partial charge in [0.05, 0.1) is 0 Å². The summed E-state index contributed by atoms with van der Waals surface area (Å²) in [6.07, 6.45) is 14.7. The van der Waals surface area contributed by atoms with Crippen LogP contribution in [0.25, 0.3) is 0 Å². The van der Waals surface area contributed by atoms with Gasteiger partial charge in [-0.1, -0.05) is 52.6 Å². The summed E-state index contributed by atoms with van der Waals surface area (Å²) < 4.78 is 12.0. The van der Waals surface area contributed by atoms with E-state index in [4.69, 9.17) is 22.3 Å². The topological polar surface area (TPSA) is 110 Å². The Morgan fingerprint density at radius 2 is 0.627 bits per heavy atom. The first-order valence-corrected chi connectivity index (χ1v) is 39.5. The molecule has 3 atom stereocenters. The lowest BCUT2D eigenvalue weighted by Gasteiger charge is -2.39. The molecule has 0 aromatic carbocycles. The molecule has 3 aliphatic heterocycles. The molecular formula is C94H60BrIN6O4P4. The minimum absolute atomic E-state index is 0.130. The van der Waals surface area contributed by atoms with Crippen molar-refractivity contribution >= 4 is 84.5 Å². The van der Waals surface area contributed by atoms with Gasteiger partial charge in [-0.05, 0) is 233 Å². The van der Waals surface area contributed by atoms with E-state index >= 15 is 0 Å². The van der Waals surface area contributed by atoms with Gasteiger partial charge in [-0.2, -0.15) is 0 Å². The Morgan fingerprint density at radius 1 is 0.400 bits per heavy atom. The number of nitrogens with one attached hydrogen (secondary N) is 1. The minimum atomic E-state index is -0.423. The smallest absolute Gasteiger partial charge is 0.410 e. The molecular weight excluding hydrogens is 1610 g/mol. The molecule has 16 heteroatoms. The number of amides is 2. The number of halogens is 2. The van der Waals surface area contributed by atoms with Crippen LogP contribution in [0.15, 0.2) is 77.8 Å². The van der Waals surface area contributed by atoms with Crippen molar-refractivity contribution in [3.05, 3.63) is 89.2 Å². The van der Waals surface area contributed by atoms with Gasteiger partial charge in [0.1, 0.15) is 15.8 Å². The van der Waals surface area contributed by atoms with Crippen LogP contribution >= 0.6 is 72.3 Å². The Labute approximate surface area is 683 Å². The summed E-state index contributed by atoms with van der Waals surface area (Å²) in [6, 6.07) is 17.6. The molecule has 3 aromatic rings. The van der Waals surface area contributed by atoms with Gasteiger partial charge >= 0.3 is 12.2 Å². The van der Waals surface area contributed by atoms with E-state index in [1.54, 1.807) is 36.0 Å². The fraction of sp³-hybridized carbons (Fsp3) is 0.202. The standard InChI is InChI=1S/C53H4.C13H18N2O2.C8H14INO2.C8H10N2.C7H4.C5H4BrN.H6P4/c1-3-5-7-9-11-13-15-17-19-21-23-25-27-29-31-33-35-37-39-41-43-45-47-49-51-53-52-50-48-46-44-42-40-38-36-34-32-30-28-26-24-22-20-18-16-14-12-10-8-6-4-2;1-13(2,3)17-12(16)15-8-10(9-15)11-6-4-5-7-14-11;1-8(2,3)12-7(11)10-4-6(9)5-10;1-2-4-10-8(3-1)7-5-9-6-7;1-3-5-7-6-4-2;6-5-3-1-2-4-7-5;1-4(2)3/h1H,2H3;4-7,10H,8-9H2,1-3H3;6H,4-5H2,1-3H3;1-4,7,9H,5-6H2;1H,2H3;1-4H;1-3H2. The fourth-order valence-electron chi connectivity index (χ4n) is 5.81. The quantitative estimate of drug-likeness (QED) is 0.0889. The maximum Gasteiger partial charge on any atom is 0.410 e. The average Bonchev–Trinajstić information content (AvgIpc) is 0.821. The van der Waals surface area contributed by atoms with Gasteiger partial charge in [0, 0.05) is 286 Å². The molecule has 0 bridgehead atoms. The number of ether oxygens (including phenoxy) is 2. The first kappa shape index (κ1) is 96.1. The number of rotatable bonds is 2. The zero-order valence-corrected chi connectivity index (χ0v) is 69.0. The molecule has 3 aliphatic rings. The molecule has 0 saturated carbocycles. The van der Waals surface area contributed by atoms with Gasteiger partial charge < -0.3 is 24.6 Å². The normalized spacial score (nSPS) is 9.27. The van der Waals surface area contributed by atoms with Crippen LogP contribution in [0.4, 0.5) is 9.59 Å². The molecule has 0 aliphatic carbocycles. The van der Waals surface area contributed by atoms with Crippen LogP contribution < -0.4 is 5.32 Å². The second-order valence-corrected chi connectivity index (χ2v) is 35.0. The monoisotopic (exact) mass is 1670 g/mol. The second kappa shape index (κ2) is 68.2. The van der Waals surface area contributed by atoms with Gasteiger partial charge in [-0.25, -0.2) is 14.6 Å². The Hall–Kier alpha value is -13.9. The van der Waals surface area contributed by atoms with Crippen molar-refractivity contribution in [2.45, 2.75) is 82.4 Å². The maximum atomic E-state index is 11.7. The summed E-state index contributed by atoms with van der Waals surface area (Å²) >= 11 is 5.53. The summed E-state index contributed by atoms with van der Waals surface area (Å²) in [4.78, 5) is 38.9. The summed E-state index contributed by atoms with van der Waals surface area (Å²) in [5.41, 5.74) is 1.48. The van der Waals surface area contributed by atoms with Gasteiger partial charge in [0.2, 0.25) is 0 Å². The van der Waals surface area contributed by atoms with E-state index < -0.39 is 5.60 Å². The summed E-state index contributed by atoms with van der Waals surface area (Å²) in [6.45, 7) is 20.0. The number of aromatic nitrogens is 3. The number of alkyl halides is 1. The van der Waals surface area contributed by atoms with Crippen LogP contribution in [0.1, 0.15) is 78.6 Å². The van der Waals surface area contributed by atoms with Crippen LogP contribution in [0.2, 0.25) is 0 Å². The number of hydrogen-bond donors (Lipinski definition) is 1. The summed E-state index contributed by atoms with van der Waals surface area (Å²) in [5.74, 6) is 140. The highest BCUT2D eigenvalue weighted by atomic mass is 127. The molecule has 3 aromatic heterocycles. The molecule has 524 valence electrons. The molecule has 3 fully saturated rings. The highest BCUT2D eigenvalue weighted by molar-refractivity contribution is 14.1. The zero-order valence-electron chi connectivity index (χ0n) is 60.9. The predicted molar refractivity (Wildman–Crippen MR) is 467 cm³/mol. The molecule has 3 unspecified atom stereocenters. The Balaban J connectivity index is 0.00000163. The van der Waals surface area contributed by atoms with Crippen LogP contribution in [-0.2, 0) is 9.47 Å². The number of hydrogen-bond acceptors (Lipinski definition) is 8. The molecule has 6 heterocycles. The lowest BCUT2D eigenvalue weighted by atomic mass is 9.96. The number of carbonyl (C=O) groups excluding carboxylic acids is 2. The van der Waals surface area contributed by atoms with E-state index in [2.05, 4.69) is 423 Å². The highest BCUT2D eigenvalue weighted by Crippen LogP contribution is 2.59. The third kappa shape index (κ3) is 64.9. The molecule has 3 saturated heterocycles. The van der Waals surface area contributed by atoms with Gasteiger partial charge in [0.15, 0.2) is 0 Å². The first-order valence-electron chi connectivity index (χ1n) is 31.2.